The summed E-state index contributed by atoms with van der Waals surface area (Å²) in [6, 6.07) is 3.47. The van der Waals surface area contributed by atoms with Crippen molar-refractivity contribution in [3.63, 3.8) is 0 Å². The molecule has 38 heavy (non-hydrogen) atoms. The molecular formula is C29H48N4O5. The van der Waals surface area contributed by atoms with Gasteiger partial charge in [0.25, 0.3) is 0 Å². The molecule has 3 unspecified atom stereocenters. The van der Waals surface area contributed by atoms with Crippen molar-refractivity contribution in [3.05, 3.63) is 34.9 Å². The lowest BCUT2D eigenvalue weighted by Crippen LogP contribution is -2.54. The highest BCUT2D eigenvalue weighted by atomic mass is 16.6. The third-order valence-electron chi connectivity index (χ3n) is 5.91. The predicted molar refractivity (Wildman–Crippen MR) is 149 cm³/mol. The van der Waals surface area contributed by atoms with E-state index in [0.717, 1.165) is 36.8 Å². The van der Waals surface area contributed by atoms with Crippen LogP contribution in [0.3, 0.4) is 0 Å². The van der Waals surface area contributed by atoms with Gasteiger partial charge in [0.1, 0.15) is 17.7 Å². The monoisotopic (exact) mass is 532 g/mol. The summed E-state index contributed by atoms with van der Waals surface area (Å²) >= 11 is 0. The summed E-state index contributed by atoms with van der Waals surface area (Å²) in [4.78, 5) is 53.8. The van der Waals surface area contributed by atoms with Crippen molar-refractivity contribution in [3.8, 4) is 0 Å². The zero-order valence-electron chi connectivity index (χ0n) is 24.5. The van der Waals surface area contributed by atoms with Crippen molar-refractivity contribution >= 4 is 23.8 Å². The van der Waals surface area contributed by atoms with Gasteiger partial charge >= 0.3 is 6.09 Å². The van der Waals surface area contributed by atoms with Gasteiger partial charge in [0, 0.05) is 12.6 Å². The Morgan fingerprint density at radius 1 is 0.974 bits per heavy atom. The Morgan fingerprint density at radius 2 is 1.58 bits per heavy atom. The number of nitrogens with one attached hydrogen (secondary N) is 2. The van der Waals surface area contributed by atoms with Crippen molar-refractivity contribution < 1.29 is 23.9 Å². The van der Waals surface area contributed by atoms with Crippen LogP contribution in [0.5, 0.6) is 0 Å². The zero-order valence-corrected chi connectivity index (χ0v) is 24.5. The second kappa shape index (κ2) is 15.3. The molecule has 0 aliphatic rings. The summed E-state index contributed by atoms with van der Waals surface area (Å²) in [5.74, 6) is -1.62. The van der Waals surface area contributed by atoms with Gasteiger partial charge in [0.05, 0.1) is 6.42 Å². The van der Waals surface area contributed by atoms with Crippen LogP contribution in [0.1, 0.15) is 103 Å². The Labute approximate surface area is 228 Å². The van der Waals surface area contributed by atoms with Crippen LogP contribution in [0.2, 0.25) is 0 Å². The largest absolute Gasteiger partial charge is 0.444 e. The summed E-state index contributed by atoms with van der Waals surface area (Å²) in [5.41, 5.74) is 7.25. The van der Waals surface area contributed by atoms with Crippen LogP contribution in [0.25, 0.3) is 0 Å². The SMILES string of the molecule is CCCCCN(C(=O)C(CC(N)=O)NC(=O)OC(C)(C)C)C(C(=O)NC(C)CCC)c1cc(C)cc(C)c1. The molecule has 0 heterocycles. The summed E-state index contributed by atoms with van der Waals surface area (Å²) in [7, 11) is 0. The molecule has 9 nitrogen and oxygen atoms in total. The van der Waals surface area contributed by atoms with E-state index >= 15 is 0 Å². The van der Waals surface area contributed by atoms with Crippen LogP contribution < -0.4 is 16.4 Å². The minimum atomic E-state index is -1.28. The number of hydrogen-bond acceptors (Lipinski definition) is 5. The topological polar surface area (TPSA) is 131 Å². The average molecular weight is 533 g/mol. The normalized spacial score (nSPS) is 13.7. The zero-order chi connectivity index (χ0) is 29.0. The molecule has 0 radical (unpaired) electrons. The summed E-state index contributed by atoms with van der Waals surface area (Å²) in [6.45, 7) is 15.3. The number of nitrogens with zero attached hydrogens (tertiary/aromatic N) is 1. The number of hydrogen-bond donors (Lipinski definition) is 3. The fourth-order valence-corrected chi connectivity index (χ4v) is 4.42. The van der Waals surface area contributed by atoms with Gasteiger partial charge in [-0.15, -0.1) is 0 Å². The molecule has 1 aromatic rings. The van der Waals surface area contributed by atoms with E-state index in [4.69, 9.17) is 10.5 Å². The first-order valence-electron chi connectivity index (χ1n) is 13.6. The maximum absolute atomic E-state index is 14.0. The van der Waals surface area contributed by atoms with Crippen LogP contribution in [0, 0.1) is 13.8 Å². The molecule has 4 N–H and O–H groups in total. The molecule has 9 heteroatoms. The number of nitrogens with two attached hydrogens (primary N) is 1. The summed E-state index contributed by atoms with van der Waals surface area (Å²) in [6.07, 6.45) is 2.84. The van der Waals surface area contributed by atoms with E-state index in [0.29, 0.717) is 12.0 Å². The van der Waals surface area contributed by atoms with Crippen molar-refractivity contribution in [2.45, 2.75) is 118 Å². The first-order chi connectivity index (χ1) is 17.7. The maximum Gasteiger partial charge on any atom is 0.408 e. The fraction of sp³-hybridized carbons (Fsp3) is 0.655. The highest BCUT2D eigenvalue weighted by molar-refractivity contribution is 5.94. The fourth-order valence-electron chi connectivity index (χ4n) is 4.42. The van der Waals surface area contributed by atoms with Gasteiger partial charge in [-0.2, -0.15) is 0 Å². The van der Waals surface area contributed by atoms with Crippen molar-refractivity contribution in [2.75, 3.05) is 6.54 Å². The van der Waals surface area contributed by atoms with Crippen molar-refractivity contribution in [1.82, 2.24) is 15.5 Å². The first kappa shape index (κ1) is 32.9. The number of amides is 4. The molecule has 4 amide bonds. The van der Waals surface area contributed by atoms with Gasteiger partial charge < -0.3 is 26.0 Å². The Hall–Kier alpha value is -3.10. The van der Waals surface area contributed by atoms with E-state index < -0.39 is 42.0 Å². The van der Waals surface area contributed by atoms with Crippen molar-refractivity contribution in [2.24, 2.45) is 5.73 Å². The smallest absolute Gasteiger partial charge is 0.408 e. The minimum Gasteiger partial charge on any atom is -0.444 e. The van der Waals surface area contributed by atoms with E-state index in [1.807, 2.05) is 52.8 Å². The molecule has 3 atom stereocenters. The number of unbranched alkanes of at least 4 members (excludes halogenated alkanes) is 2. The van der Waals surface area contributed by atoms with Crippen LogP contribution in [-0.4, -0.2) is 52.9 Å². The molecule has 0 spiro atoms. The Balaban J connectivity index is 3.57. The van der Waals surface area contributed by atoms with Gasteiger partial charge in [-0.05, 0) is 59.9 Å². The first-order valence-corrected chi connectivity index (χ1v) is 13.6. The molecule has 0 saturated heterocycles. The summed E-state index contributed by atoms with van der Waals surface area (Å²) in [5, 5.41) is 5.58. The number of ether oxygens (including phenoxy) is 1. The van der Waals surface area contributed by atoms with E-state index in [1.165, 1.54) is 4.90 Å². The van der Waals surface area contributed by atoms with Crippen molar-refractivity contribution in [1.29, 1.82) is 0 Å². The van der Waals surface area contributed by atoms with Crippen LogP contribution >= 0.6 is 0 Å². The minimum absolute atomic E-state index is 0.0881. The van der Waals surface area contributed by atoms with Crippen LogP contribution in [0.4, 0.5) is 4.79 Å². The molecule has 0 bridgehead atoms. The van der Waals surface area contributed by atoms with E-state index in [1.54, 1.807) is 20.8 Å². The number of alkyl carbamates (subject to hydrolysis) is 1. The molecule has 0 aliphatic heterocycles. The molecule has 0 saturated carbocycles. The van der Waals surface area contributed by atoms with Gasteiger partial charge in [-0.3, -0.25) is 14.4 Å². The number of rotatable bonds is 14. The second-order valence-corrected chi connectivity index (χ2v) is 11.1. The van der Waals surface area contributed by atoms with Crippen LogP contribution in [0.15, 0.2) is 18.2 Å². The van der Waals surface area contributed by atoms with Gasteiger partial charge in [-0.25, -0.2) is 4.79 Å². The Morgan fingerprint density at radius 3 is 2.08 bits per heavy atom. The average Bonchev–Trinajstić information content (AvgIpc) is 2.75. The second-order valence-electron chi connectivity index (χ2n) is 11.1. The number of carbonyl (C=O) groups excluding carboxylic acids is 4. The highest BCUT2D eigenvalue weighted by Crippen LogP contribution is 2.26. The molecular weight excluding hydrogens is 484 g/mol. The lowest BCUT2D eigenvalue weighted by molar-refractivity contribution is -0.143. The predicted octanol–water partition coefficient (Wildman–Crippen LogP) is 4.44. The van der Waals surface area contributed by atoms with Gasteiger partial charge in [0.15, 0.2) is 0 Å². The third-order valence-corrected chi connectivity index (χ3v) is 5.91. The molecule has 214 valence electrons. The van der Waals surface area contributed by atoms with Gasteiger partial charge in [0.2, 0.25) is 17.7 Å². The van der Waals surface area contributed by atoms with Gasteiger partial charge in [-0.1, -0.05) is 62.4 Å². The lowest BCUT2D eigenvalue weighted by Gasteiger charge is -2.35. The molecule has 1 rings (SSSR count). The third kappa shape index (κ3) is 11.5. The van der Waals surface area contributed by atoms with Crippen LogP contribution in [-0.2, 0) is 19.1 Å². The number of benzene rings is 1. The number of aryl methyl sites for hydroxylation is 2. The van der Waals surface area contributed by atoms with E-state index in [2.05, 4.69) is 10.6 Å². The lowest BCUT2D eigenvalue weighted by atomic mass is 9.97. The van der Waals surface area contributed by atoms with E-state index in [9.17, 15) is 19.2 Å². The molecule has 0 fully saturated rings. The molecule has 1 aromatic carbocycles. The van der Waals surface area contributed by atoms with E-state index in [-0.39, 0.29) is 18.5 Å². The number of primary amides is 1. The highest BCUT2D eigenvalue weighted by Gasteiger charge is 2.37. The standard InChI is InChI=1S/C29H48N4O5/c1-9-11-12-14-33(27(36)23(18-24(30)34)32-28(37)38-29(6,7)8)25(26(35)31-21(5)13-10-2)22-16-19(3)15-20(4)17-22/h15-17,21,23,25H,9-14,18H2,1-8H3,(H2,30,34)(H,31,35)(H,32,37). The Bertz CT molecular complexity index is 937. The molecule has 0 aliphatic carbocycles. The number of carbonyl (C=O) groups is 4. The quantitative estimate of drug-likeness (QED) is 0.305. The maximum atomic E-state index is 14.0. The summed E-state index contributed by atoms with van der Waals surface area (Å²) < 4.78 is 5.33. The molecule has 0 aromatic heterocycles. The Kier molecular flexibility index (Phi) is 13.3.